The Morgan fingerprint density at radius 3 is 2.60 bits per heavy atom. The first-order valence-electron chi connectivity index (χ1n) is 7.64. The number of anilines is 1. The number of rotatable bonds is 6. The van der Waals surface area contributed by atoms with Crippen LogP contribution in [0.25, 0.3) is 0 Å². The fourth-order valence-electron chi connectivity index (χ4n) is 2.38. The third kappa shape index (κ3) is 4.11. The summed E-state index contributed by atoms with van der Waals surface area (Å²) in [6.45, 7) is 2.58. The molecule has 0 fully saturated rings. The Labute approximate surface area is 143 Å². The van der Waals surface area contributed by atoms with Gasteiger partial charge in [0.1, 0.15) is 6.54 Å². The first kappa shape index (κ1) is 16.4. The van der Waals surface area contributed by atoms with Crippen LogP contribution in [0.1, 0.15) is 21.5 Å². The van der Waals surface area contributed by atoms with Crippen LogP contribution in [0, 0.1) is 6.92 Å². The maximum Gasteiger partial charge on any atom is 0.338 e. The second-order valence-electron chi connectivity index (χ2n) is 5.63. The zero-order valence-corrected chi connectivity index (χ0v) is 13.6. The molecule has 0 aliphatic rings. The summed E-state index contributed by atoms with van der Waals surface area (Å²) in [7, 11) is 0. The smallest absolute Gasteiger partial charge is 0.338 e. The topological polar surface area (TPSA) is 102 Å². The van der Waals surface area contributed by atoms with Gasteiger partial charge in [-0.05, 0) is 18.1 Å². The molecule has 8 nitrogen and oxygen atoms in total. The summed E-state index contributed by atoms with van der Waals surface area (Å²) >= 11 is 0. The van der Waals surface area contributed by atoms with E-state index < -0.39 is 5.97 Å². The Morgan fingerprint density at radius 2 is 1.88 bits per heavy atom. The van der Waals surface area contributed by atoms with Crippen LogP contribution in [-0.4, -0.2) is 36.5 Å². The number of carbonyl (C=O) groups is 2. The Balaban J connectivity index is 1.59. The number of hydrogen-bond acceptors (Lipinski definition) is 4. The second-order valence-corrected chi connectivity index (χ2v) is 5.63. The predicted molar refractivity (Wildman–Crippen MR) is 90.3 cm³/mol. The molecule has 0 saturated heterocycles. The zero-order chi connectivity index (χ0) is 17.8. The van der Waals surface area contributed by atoms with Crippen molar-refractivity contribution >= 4 is 17.6 Å². The fourth-order valence-corrected chi connectivity index (χ4v) is 2.38. The number of carboxylic acid groups (broad SMARTS) is 1. The van der Waals surface area contributed by atoms with E-state index in [0.717, 1.165) is 5.56 Å². The highest BCUT2D eigenvalue weighted by molar-refractivity contribution is 5.90. The van der Waals surface area contributed by atoms with Crippen molar-refractivity contribution in [1.82, 2.24) is 19.6 Å². The summed E-state index contributed by atoms with van der Waals surface area (Å²) < 4.78 is 3.02. The Bertz CT molecular complexity index is 912. The summed E-state index contributed by atoms with van der Waals surface area (Å²) in [5.41, 5.74) is 2.95. The predicted octanol–water partition coefficient (Wildman–Crippen LogP) is 1.77. The molecule has 1 aromatic carbocycles. The summed E-state index contributed by atoms with van der Waals surface area (Å²) in [6.07, 6.45) is 5.83. The van der Waals surface area contributed by atoms with Crippen LogP contribution >= 0.6 is 0 Å². The fraction of sp³-hybridized carbons (Fsp3) is 0.176. The lowest BCUT2D eigenvalue weighted by atomic mass is 10.1. The number of aromatic nitrogens is 4. The van der Waals surface area contributed by atoms with E-state index >= 15 is 0 Å². The maximum absolute atomic E-state index is 12.0. The molecule has 3 aromatic rings. The maximum atomic E-state index is 12.0. The van der Waals surface area contributed by atoms with Crippen LogP contribution in [0.3, 0.4) is 0 Å². The third-order valence-electron chi connectivity index (χ3n) is 3.70. The molecule has 2 aromatic heterocycles. The van der Waals surface area contributed by atoms with Gasteiger partial charge in [0, 0.05) is 12.4 Å². The molecule has 0 atom stereocenters. The van der Waals surface area contributed by atoms with Gasteiger partial charge in [0.25, 0.3) is 0 Å². The molecular weight excluding hydrogens is 322 g/mol. The molecule has 1 amide bonds. The van der Waals surface area contributed by atoms with Gasteiger partial charge in [0.05, 0.1) is 30.2 Å². The lowest BCUT2D eigenvalue weighted by Gasteiger charge is -2.05. The van der Waals surface area contributed by atoms with E-state index in [0.29, 0.717) is 12.2 Å². The number of benzene rings is 1. The Kier molecular flexibility index (Phi) is 4.60. The normalized spacial score (nSPS) is 10.6. The molecule has 128 valence electrons. The molecule has 8 heteroatoms. The van der Waals surface area contributed by atoms with Gasteiger partial charge >= 0.3 is 5.97 Å². The van der Waals surface area contributed by atoms with Gasteiger partial charge in [-0.25, -0.2) is 4.79 Å². The Morgan fingerprint density at radius 1 is 1.12 bits per heavy atom. The highest BCUT2D eigenvalue weighted by atomic mass is 16.4. The number of aromatic carboxylic acids is 1. The van der Waals surface area contributed by atoms with Crippen molar-refractivity contribution in [1.29, 1.82) is 0 Å². The molecule has 0 spiro atoms. The first-order chi connectivity index (χ1) is 12.0. The summed E-state index contributed by atoms with van der Waals surface area (Å²) in [4.78, 5) is 22.8. The molecule has 0 unspecified atom stereocenters. The zero-order valence-electron chi connectivity index (χ0n) is 13.6. The van der Waals surface area contributed by atoms with Gasteiger partial charge in [0.2, 0.25) is 5.91 Å². The minimum absolute atomic E-state index is 0.0406. The number of amides is 1. The monoisotopic (exact) mass is 339 g/mol. The van der Waals surface area contributed by atoms with Crippen molar-refractivity contribution in [2.75, 3.05) is 5.32 Å². The van der Waals surface area contributed by atoms with E-state index in [4.69, 9.17) is 5.11 Å². The molecule has 0 bridgehead atoms. The van der Waals surface area contributed by atoms with Crippen LogP contribution in [-0.2, 0) is 17.9 Å². The summed E-state index contributed by atoms with van der Waals surface area (Å²) in [5.74, 6) is -1.39. The first-order valence-corrected chi connectivity index (χ1v) is 7.64. The summed E-state index contributed by atoms with van der Waals surface area (Å²) in [5, 5.41) is 19.7. The minimum Gasteiger partial charge on any atom is -0.478 e. The standard InChI is InChI=1S/C17H17N5O3/c1-12-4-2-3-5-13(12)8-21-10-15(7-19-21)20-16(23)11-22-9-14(6-18-22)17(24)25/h2-7,9-10H,8,11H2,1H3,(H,20,23)(H,24,25). The highest BCUT2D eigenvalue weighted by Gasteiger charge is 2.10. The van der Waals surface area contributed by atoms with Crippen molar-refractivity contribution in [3.05, 3.63) is 65.7 Å². The lowest BCUT2D eigenvalue weighted by Crippen LogP contribution is -2.18. The lowest BCUT2D eigenvalue weighted by molar-refractivity contribution is -0.116. The van der Waals surface area contributed by atoms with E-state index in [-0.39, 0.29) is 18.0 Å². The van der Waals surface area contributed by atoms with Gasteiger partial charge in [0.15, 0.2) is 0 Å². The van der Waals surface area contributed by atoms with Gasteiger partial charge in [-0.1, -0.05) is 24.3 Å². The summed E-state index contributed by atoms with van der Waals surface area (Å²) in [6, 6.07) is 8.03. The SMILES string of the molecule is Cc1ccccc1Cn1cc(NC(=O)Cn2cc(C(=O)O)cn2)cn1. The third-order valence-corrected chi connectivity index (χ3v) is 3.70. The van der Waals surface area contributed by atoms with Crippen LogP contribution < -0.4 is 5.32 Å². The number of hydrogen-bond donors (Lipinski definition) is 2. The number of nitrogens with zero attached hydrogens (tertiary/aromatic N) is 4. The molecule has 0 aliphatic carbocycles. The average Bonchev–Trinajstić information content (AvgIpc) is 3.19. The number of nitrogens with one attached hydrogen (secondary N) is 1. The van der Waals surface area contributed by atoms with E-state index in [2.05, 4.69) is 15.5 Å². The van der Waals surface area contributed by atoms with Crippen molar-refractivity contribution in [3.63, 3.8) is 0 Å². The second kappa shape index (κ2) is 7.00. The molecule has 0 radical (unpaired) electrons. The molecule has 2 N–H and O–H groups in total. The van der Waals surface area contributed by atoms with Gasteiger partial charge in [-0.15, -0.1) is 0 Å². The number of carbonyl (C=O) groups excluding carboxylic acids is 1. The molecule has 0 saturated carbocycles. The minimum atomic E-state index is -1.08. The number of carboxylic acids is 1. The number of aryl methyl sites for hydroxylation is 1. The quantitative estimate of drug-likeness (QED) is 0.712. The van der Waals surface area contributed by atoms with Crippen LogP contribution in [0.4, 0.5) is 5.69 Å². The Hall–Kier alpha value is -3.42. The van der Waals surface area contributed by atoms with E-state index in [1.807, 2.05) is 31.2 Å². The van der Waals surface area contributed by atoms with E-state index in [1.165, 1.54) is 22.6 Å². The van der Waals surface area contributed by atoms with Crippen LogP contribution in [0.5, 0.6) is 0 Å². The van der Waals surface area contributed by atoms with Crippen LogP contribution in [0.2, 0.25) is 0 Å². The largest absolute Gasteiger partial charge is 0.478 e. The molecule has 0 aliphatic heterocycles. The molecule has 3 rings (SSSR count). The molecule has 25 heavy (non-hydrogen) atoms. The molecular formula is C17H17N5O3. The van der Waals surface area contributed by atoms with Crippen molar-refractivity contribution in [2.24, 2.45) is 0 Å². The van der Waals surface area contributed by atoms with Crippen molar-refractivity contribution in [2.45, 2.75) is 20.0 Å². The van der Waals surface area contributed by atoms with Crippen molar-refractivity contribution < 1.29 is 14.7 Å². The van der Waals surface area contributed by atoms with Crippen molar-refractivity contribution in [3.8, 4) is 0 Å². The highest BCUT2D eigenvalue weighted by Crippen LogP contribution is 2.11. The average molecular weight is 339 g/mol. The van der Waals surface area contributed by atoms with E-state index in [1.54, 1.807) is 17.1 Å². The van der Waals surface area contributed by atoms with Gasteiger partial charge < -0.3 is 10.4 Å². The van der Waals surface area contributed by atoms with E-state index in [9.17, 15) is 9.59 Å². The van der Waals surface area contributed by atoms with Crippen LogP contribution in [0.15, 0.2) is 49.1 Å². The van der Waals surface area contributed by atoms with Gasteiger partial charge in [-0.3, -0.25) is 14.2 Å². The molecule has 2 heterocycles. The van der Waals surface area contributed by atoms with Gasteiger partial charge in [-0.2, -0.15) is 10.2 Å².